The van der Waals surface area contributed by atoms with Gasteiger partial charge in [-0.25, -0.2) is 24.0 Å². The summed E-state index contributed by atoms with van der Waals surface area (Å²) >= 11 is 0. The number of hydrogen-bond donors (Lipinski definition) is 3. The second-order valence-corrected chi connectivity index (χ2v) is 10.3. The predicted octanol–water partition coefficient (Wildman–Crippen LogP) is 4.70. The summed E-state index contributed by atoms with van der Waals surface area (Å²) in [6.45, 7) is 11.6. The zero-order valence-electron chi connectivity index (χ0n) is 27.1. The minimum absolute atomic E-state index is 0.0371. The molecule has 0 saturated carbocycles. The number of rotatable bonds is 15. The van der Waals surface area contributed by atoms with Gasteiger partial charge >= 0.3 is 30.1 Å². The molecule has 0 radical (unpaired) electrons. The highest BCUT2D eigenvalue weighted by Gasteiger charge is 2.15. The lowest BCUT2D eigenvalue weighted by Crippen LogP contribution is -2.30. The van der Waals surface area contributed by atoms with Crippen molar-refractivity contribution in [2.24, 2.45) is 0 Å². The molecular weight excluding hydrogens is 640 g/mol. The van der Waals surface area contributed by atoms with Crippen LogP contribution < -0.4 is 29.6 Å². The third-order valence-electron chi connectivity index (χ3n) is 6.18. The number of carbonyl (C=O) groups is 5. The lowest BCUT2D eigenvalue weighted by molar-refractivity contribution is -0.139. The first kappa shape index (κ1) is 37.3. The molecule has 3 aromatic carbocycles. The zero-order valence-corrected chi connectivity index (χ0v) is 27.1. The topological polar surface area (TPSA) is 185 Å². The number of esters is 3. The lowest BCUT2D eigenvalue weighted by atomic mass is 10.2. The summed E-state index contributed by atoms with van der Waals surface area (Å²) in [7, 11) is 0. The summed E-state index contributed by atoms with van der Waals surface area (Å²) < 4.78 is 31.2. The summed E-state index contributed by atoms with van der Waals surface area (Å²) in [5, 5.41) is 15.5. The normalized spacial score (nSPS) is 10.9. The number of aliphatic hydroxyl groups excluding tert-OH is 1. The summed E-state index contributed by atoms with van der Waals surface area (Å²) in [6.07, 6.45) is -2.88. The van der Waals surface area contributed by atoms with E-state index in [0.29, 0.717) is 16.9 Å². The Morgan fingerprint density at radius 1 is 0.694 bits per heavy atom. The molecule has 0 fully saturated rings. The fourth-order valence-corrected chi connectivity index (χ4v) is 3.66. The quantitative estimate of drug-likeness (QED) is 0.0664. The molecule has 3 N–H and O–H groups in total. The van der Waals surface area contributed by atoms with Gasteiger partial charge in [0.15, 0.2) is 0 Å². The van der Waals surface area contributed by atoms with E-state index in [-0.39, 0.29) is 60.3 Å². The fraction of sp³-hybridized carbons (Fsp3) is 0.229. The van der Waals surface area contributed by atoms with E-state index in [0.717, 1.165) is 0 Å². The molecule has 0 aliphatic rings. The second-order valence-electron chi connectivity index (χ2n) is 10.3. The van der Waals surface area contributed by atoms with Crippen LogP contribution in [-0.4, -0.2) is 61.5 Å². The van der Waals surface area contributed by atoms with Crippen LogP contribution in [0.15, 0.2) is 91.0 Å². The van der Waals surface area contributed by atoms with Crippen LogP contribution >= 0.6 is 0 Å². The van der Waals surface area contributed by atoms with Crippen LogP contribution in [-0.2, 0) is 19.1 Å². The van der Waals surface area contributed by atoms with E-state index in [1.54, 1.807) is 13.0 Å². The third-order valence-corrected chi connectivity index (χ3v) is 6.18. The van der Waals surface area contributed by atoms with Crippen LogP contribution in [0, 0.1) is 6.92 Å². The van der Waals surface area contributed by atoms with Crippen molar-refractivity contribution in [3.63, 3.8) is 0 Å². The molecule has 0 aliphatic carbocycles. The van der Waals surface area contributed by atoms with Gasteiger partial charge in [0, 0.05) is 16.7 Å². The standard InChI is InChI=1S/C35H36N2O12/c1-21(2)30(38)44-18-16-36-34(42)47-26-10-6-24(7-11-26)32(40)46-28-14-15-29(23(5)20-28)49-33(41)25-8-12-27(13-9-25)48-35(43)37-17-19-45-31(39)22(3)4/h6-15,20,33,41H,1,3,16-19H2,2,4-5H3,(H,36,42)(H,37,43). The van der Waals surface area contributed by atoms with Gasteiger partial charge in [0.05, 0.1) is 18.7 Å². The van der Waals surface area contributed by atoms with E-state index in [1.807, 2.05) is 0 Å². The maximum atomic E-state index is 12.7. The average Bonchev–Trinajstić information content (AvgIpc) is 3.06. The Labute approximate surface area is 282 Å². The molecule has 2 amide bonds. The number of nitrogens with one attached hydrogen (secondary N) is 2. The number of hydrogen-bond acceptors (Lipinski definition) is 12. The fourth-order valence-electron chi connectivity index (χ4n) is 3.66. The number of ether oxygens (including phenoxy) is 6. The lowest BCUT2D eigenvalue weighted by Gasteiger charge is -2.16. The molecule has 3 rings (SSSR count). The van der Waals surface area contributed by atoms with Gasteiger partial charge in [-0.15, -0.1) is 0 Å². The average molecular weight is 677 g/mol. The first-order chi connectivity index (χ1) is 23.3. The molecule has 0 aliphatic heterocycles. The Kier molecular flexibility index (Phi) is 13.9. The van der Waals surface area contributed by atoms with Gasteiger partial charge in [0.25, 0.3) is 0 Å². The van der Waals surface area contributed by atoms with E-state index >= 15 is 0 Å². The number of carbonyl (C=O) groups excluding carboxylic acids is 5. The van der Waals surface area contributed by atoms with Gasteiger partial charge in [-0.3, -0.25) is 0 Å². The molecule has 49 heavy (non-hydrogen) atoms. The van der Waals surface area contributed by atoms with Gasteiger partial charge in [0.2, 0.25) is 6.29 Å². The minimum atomic E-state index is -1.36. The van der Waals surface area contributed by atoms with Gasteiger partial charge in [-0.05, 0) is 93.1 Å². The van der Waals surface area contributed by atoms with Gasteiger partial charge in [-0.1, -0.05) is 13.2 Å². The first-order valence-corrected chi connectivity index (χ1v) is 14.8. The Morgan fingerprint density at radius 2 is 1.16 bits per heavy atom. The second kappa shape index (κ2) is 18.3. The van der Waals surface area contributed by atoms with Crippen LogP contribution in [0.5, 0.6) is 23.0 Å². The molecule has 0 spiro atoms. The summed E-state index contributed by atoms with van der Waals surface area (Å²) in [5.74, 6) is -0.849. The van der Waals surface area contributed by atoms with Crippen molar-refractivity contribution in [2.45, 2.75) is 27.1 Å². The highest BCUT2D eigenvalue weighted by Crippen LogP contribution is 2.28. The van der Waals surface area contributed by atoms with Crippen molar-refractivity contribution in [1.29, 1.82) is 0 Å². The summed E-state index contributed by atoms with van der Waals surface area (Å²) in [4.78, 5) is 59.2. The molecule has 1 atom stereocenters. The van der Waals surface area contributed by atoms with Crippen LogP contribution in [0.4, 0.5) is 9.59 Å². The maximum Gasteiger partial charge on any atom is 0.412 e. The van der Waals surface area contributed by atoms with Gasteiger partial charge < -0.3 is 44.2 Å². The highest BCUT2D eigenvalue weighted by atomic mass is 16.6. The predicted molar refractivity (Wildman–Crippen MR) is 174 cm³/mol. The van der Waals surface area contributed by atoms with Gasteiger partial charge in [0.1, 0.15) is 36.2 Å². The monoisotopic (exact) mass is 676 g/mol. The molecule has 0 saturated heterocycles. The molecule has 14 nitrogen and oxygen atoms in total. The van der Waals surface area contributed by atoms with E-state index in [2.05, 4.69) is 23.8 Å². The molecule has 3 aromatic rings. The molecule has 14 heteroatoms. The molecule has 0 bridgehead atoms. The van der Waals surface area contributed by atoms with Crippen molar-refractivity contribution in [2.75, 3.05) is 26.3 Å². The highest BCUT2D eigenvalue weighted by molar-refractivity contribution is 5.91. The van der Waals surface area contributed by atoms with Crippen molar-refractivity contribution in [3.05, 3.63) is 108 Å². The SMILES string of the molecule is C=C(C)C(=O)OCCNC(=O)Oc1ccc(C(=O)Oc2ccc(OC(O)c3ccc(OC(=O)NCCOC(=O)C(=C)C)cc3)c(C)c2)cc1. The number of benzene rings is 3. The summed E-state index contributed by atoms with van der Waals surface area (Å²) in [5.41, 5.74) is 1.64. The van der Waals surface area contributed by atoms with Crippen molar-refractivity contribution in [1.82, 2.24) is 10.6 Å². The zero-order chi connectivity index (χ0) is 35.9. The van der Waals surface area contributed by atoms with Crippen molar-refractivity contribution >= 4 is 30.1 Å². The molecule has 0 aromatic heterocycles. The molecule has 0 heterocycles. The van der Waals surface area contributed by atoms with Crippen LogP contribution in [0.25, 0.3) is 0 Å². The minimum Gasteiger partial charge on any atom is -0.461 e. The molecular formula is C35H36N2O12. The first-order valence-electron chi connectivity index (χ1n) is 14.8. The summed E-state index contributed by atoms with van der Waals surface area (Å²) in [6, 6.07) is 16.2. The van der Waals surface area contributed by atoms with Crippen molar-refractivity contribution in [3.8, 4) is 23.0 Å². The number of aliphatic hydroxyl groups is 1. The van der Waals surface area contributed by atoms with Crippen LogP contribution in [0.1, 0.15) is 41.6 Å². The van der Waals surface area contributed by atoms with Crippen LogP contribution in [0.3, 0.4) is 0 Å². The molecule has 258 valence electrons. The Morgan fingerprint density at radius 3 is 1.63 bits per heavy atom. The Bertz CT molecular complexity index is 1680. The van der Waals surface area contributed by atoms with Crippen LogP contribution in [0.2, 0.25) is 0 Å². The Hall–Kier alpha value is -6.15. The van der Waals surface area contributed by atoms with E-state index in [4.69, 9.17) is 28.4 Å². The van der Waals surface area contributed by atoms with E-state index in [9.17, 15) is 29.1 Å². The number of aryl methyl sites for hydroxylation is 1. The van der Waals surface area contributed by atoms with E-state index < -0.39 is 36.4 Å². The Balaban J connectivity index is 1.44. The smallest absolute Gasteiger partial charge is 0.412 e. The number of amides is 2. The third kappa shape index (κ3) is 12.5. The van der Waals surface area contributed by atoms with E-state index in [1.165, 1.54) is 74.5 Å². The molecule has 1 unspecified atom stereocenters. The van der Waals surface area contributed by atoms with Crippen molar-refractivity contribution < 1.29 is 57.5 Å². The maximum absolute atomic E-state index is 12.7. The van der Waals surface area contributed by atoms with Gasteiger partial charge in [-0.2, -0.15) is 0 Å². The largest absolute Gasteiger partial charge is 0.461 e.